The number of fused-ring (bicyclic) bond motifs is 1. The van der Waals surface area contributed by atoms with Crippen LogP contribution in [0.4, 0.5) is 0 Å². The van der Waals surface area contributed by atoms with Crippen molar-refractivity contribution in [3.63, 3.8) is 0 Å². The van der Waals surface area contributed by atoms with Crippen LogP contribution in [-0.4, -0.2) is 12.4 Å². The van der Waals surface area contributed by atoms with Gasteiger partial charge in [0.15, 0.2) is 0 Å². The van der Waals surface area contributed by atoms with Crippen LogP contribution in [0.15, 0.2) is 48.2 Å². The van der Waals surface area contributed by atoms with Gasteiger partial charge in [-0.3, -0.25) is 0 Å². The van der Waals surface area contributed by atoms with E-state index in [1.54, 1.807) is 0 Å². The van der Waals surface area contributed by atoms with E-state index in [1.165, 1.54) is 33.4 Å². The molecular weight excluding hydrogens is 394 g/mol. The molecule has 0 aromatic heterocycles. The molecule has 0 fully saturated rings. The Morgan fingerprint density at radius 3 is 2.25 bits per heavy atom. The Bertz CT molecular complexity index is 1100. The van der Waals surface area contributed by atoms with Crippen molar-refractivity contribution < 1.29 is 9.47 Å². The van der Waals surface area contributed by atoms with Crippen molar-refractivity contribution in [3.8, 4) is 0 Å². The van der Waals surface area contributed by atoms with Crippen LogP contribution in [0.3, 0.4) is 0 Å². The molecule has 0 spiro atoms. The third kappa shape index (κ3) is 4.16. The topological polar surface area (TPSA) is 44.5 Å². The highest BCUT2D eigenvalue weighted by atomic mass is 16.7. The van der Waals surface area contributed by atoms with Crippen molar-refractivity contribution in [2.45, 2.75) is 73.8 Å². The Kier molecular flexibility index (Phi) is 5.63. The average molecular weight is 432 g/mol. The second kappa shape index (κ2) is 7.90. The number of benzene rings is 2. The number of hydrogen-bond acceptors (Lipinski definition) is 3. The van der Waals surface area contributed by atoms with E-state index in [-0.39, 0.29) is 16.9 Å². The number of ether oxygens (including phenoxy) is 2. The molecule has 3 nitrogen and oxygen atoms in total. The highest BCUT2D eigenvalue weighted by Crippen LogP contribution is 2.44. The first-order chi connectivity index (χ1) is 14.9. The lowest BCUT2D eigenvalue weighted by molar-refractivity contribution is -0.196. The van der Waals surface area contributed by atoms with E-state index in [0.29, 0.717) is 0 Å². The number of nitrogens with two attached hydrogens (primary N) is 1. The quantitative estimate of drug-likeness (QED) is 0.489. The number of rotatable bonds is 3. The van der Waals surface area contributed by atoms with Gasteiger partial charge in [-0.05, 0) is 64.8 Å². The van der Waals surface area contributed by atoms with E-state index in [0.717, 1.165) is 11.3 Å². The largest absolute Gasteiger partial charge is 0.467 e. The maximum Gasteiger partial charge on any atom is 0.219 e. The van der Waals surface area contributed by atoms with Crippen molar-refractivity contribution in [2.75, 3.05) is 0 Å². The minimum atomic E-state index is -0.547. The van der Waals surface area contributed by atoms with Gasteiger partial charge in [0.05, 0.1) is 12.1 Å². The lowest BCUT2D eigenvalue weighted by Gasteiger charge is -2.42. The Morgan fingerprint density at radius 2 is 1.62 bits per heavy atom. The minimum Gasteiger partial charge on any atom is -0.467 e. The molecule has 0 amide bonds. The van der Waals surface area contributed by atoms with Crippen molar-refractivity contribution in [3.05, 3.63) is 81.6 Å². The van der Waals surface area contributed by atoms with Crippen LogP contribution in [0, 0.1) is 24.7 Å². The summed E-state index contributed by atoms with van der Waals surface area (Å²) in [5.74, 6) is 0.948. The first-order valence-corrected chi connectivity index (χ1v) is 11.6. The third-order valence-corrected chi connectivity index (χ3v) is 6.42. The zero-order valence-electron chi connectivity index (χ0n) is 20.7. The van der Waals surface area contributed by atoms with Gasteiger partial charge >= 0.3 is 0 Å². The SMILES string of the molecule is Cc1cc(C)c([C@H](N)[C@@H]2OC(C(C)(C)C)=CC(C(C)(C)C)O2)c(C2=Cc3ccccc32)c1. The maximum absolute atomic E-state index is 6.96. The van der Waals surface area contributed by atoms with Gasteiger partial charge in [0.1, 0.15) is 5.76 Å². The van der Waals surface area contributed by atoms with Gasteiger partial charge in [0.25, 0.3) is 0 Å². The summed E-state index contributed by atoms with van der Waals surface area (Å²) in [7, 11) is 0. The number of hydrogen-bond donors (Lipinski definition) is 1. The summed E-state index contributed by atoms with van der Waals surface area (Å²) in [6.45, 7) is 17.4. The summed E-state index contributed by atoms with van der Waals surface area (Å²) < 4.78 is 12.9. The average Bonchev–Trinajstić information content (AvgIpc) is 2.66. The Balaban J connectivity index is 1.75. The molecule has 3 heteroatoms. The predicted molar refractivity (Wildman–Crippen MR) is 133 cm³/mol. The van der Waals surface area contributed by atoms with Crippen LogP contribution in [0.25, 0.3) is 11.6 Å². The Labute approximate surface area is 193 Å². The summed E-state index contributed by atoms with van der Waals surface area (Å²) in [6, 6.07) is 12.6. The molecule has 0 bridgehead atoms. The van der Waals surface area contributed by atoms with Gasteiger partial charge in [-0.25, -0.2) is 0 Å². The van der Waals surface area contributed by atoms with E-state index in [1.807, 2.05) is 0 Å². The zero-order chi connectivity index (χ0) is 23.4. The normalized spacial score (nSPS) is 21.7. The second-order valence-electron chi connectivity index (χ2n) is 11.4. The van der Waals surface area contributed by atoms with Crippen LogP contribution in [0.1, 0.15) is 81.0 Å². The van der Waals surface area contributed by atoms with E-state index in [2.05, 4.69) is 104 Å². The first-order valence-electron chi connectivity index (χ1n) is 11.6. The molecule has 1 unspecified atom stereocenters. The molecule has 170 valence electrons. The minimum absolute atomic E-state index is 0.0567. The molecule has 2 N–H and O–H groups in total. The van der Waals surface area contributed by atoms with Crippen LogP contribution in [0.2, 0.25) is 0 Å². The monoisotopic (exact) mass is 431 g/mol. The van der Waals surface area contributed by atoms with Gasteiger partial charge in [-0.1, -0.05) is 83.5 Å². The third-order valence-electron chi connectivity index (χ3n) is 6.42. The predicted octanol–water partition coefficient (Wildman–Crippen LogP) is 6.92. The summed E-state index contributed by atoms with van der Waals surface area (Å²) in [4.78, 5) is 0. The highest BCUT2D eigenvalue weighted by Gasteiger charge is 2.39. The molecule has 3 atom stereocenters. The van der Waals surface area contributed by atoms with Crippen LogP contribution < -0.4 is 5.73 Å². The van der Waals surface area contributed by atoms with E-state index in [4.69, 9.17) is 15.2 Å². The molecule has 1 aliphatic heterocycles. The zero-order valence-corrected chi connectivity index (χ0v) is 20.7. The fraction of sp³-hybridized carbons (Fsp3) is 0.448. The summed E-state index contributed by atoms with van der Waals surface area (Å²) in [6.07, 6.45) is 3.77. The van der Waals surface area contributed by atoms with Crippen molar-refractivity contribution in [1.29, 1.82) is 0 Å². The summed E-state index contributed by atoms with van der Waals surface area (Å²) in [5, 5.41) is 0. The van der Waals surface area contributed by atoms with Gasteiger partial charge in [0, 0.05) is 5.41 Å². The first kappa shape index (κ1) is 22.8. The van der Waals surface area contributed by atoms with Crippen molar-refractivity contribution in [2.24, 2.45) is 16.6 Å². The molecule has 1 aliphatic carbocycles. The molecule has 0 radical (unpaired) electrons. The van der Waals surface area contributed by atoms with Crippen LogP contribution >= 0.6 is 0 Å². The molecule has 0 saturated heterocycles. The lowest BCUT2D eigenvalue weighted by atomic mass is 9.79. The Hall–Kier alpha value is -2.36. The molecule has 2 aliphatic rings. The second-order valence-corrected chi connectivity index (χ2v) is 11.4. The van der Waals surface area contributed by atoms with Crippen LogP contribution in [-0.2, 0) is 9.47 Å². The van der Waals surface area contributed by atoms with Gasteiger partial charge in [0.2, 0.25) is 6.29 Å². The number of allylic oxidation sites excluding steroid dienone is 1. The van der Waals surface area contributed by atoms with Crippen LogP contribution in [0.5, 0.6) is 0 Å². The fourth-order valence-electron chi connectivity index (χ4n) is 4.58. The number of aryl methyl sites for hydroxylation is 2. The van der Waals surface area contributed by atoms with Gasteiger partial charge in [-0.2, -0.15) is 0 Å². The van der Waals surface area contributed by atoms with E-state index >= 15 is 0 Å². The standard InChI is InChI=1S/C29H37NO2/c1-17-13-18(2)25(22(14-17)21-15-19-11-9-10-12-20(19)21)26(30)27-31-23(28(3,4)5)16-24(32-27)29(6,7)8/h9-16,23,26-27H,30H2,1-8H3/t23?,26-,27-/m0/s1. The fourth-order valence-corrected chi connectivity index (χ4v) is 4.58. The molecule has 2 aromatic carbocycles. The van der Waals surface area contributed by atoms with Gasteiger partial charge in [-0.15, -0.1) is 0 Å². The molecule has 1 heterocycles. The van der Waals surface area contributed by atoms with Crippen molar-refractivity contribution >= 4 is 11.6 Å². The Morgan fingerprint density at radius 1 is 0.938 bits per heavy atom. The van der Waals surface area contributed by atoms with Gasteiger partial charge < -0.3 is 15.2 Å². The van der Waals surface area contributed by atoms with Crippen molar-refractivity contribution in [1.82, 2.24) is 0 Å². The molecular formula is C29H37NO2. The molecule has 0 saturated carbocycles. The molecule has 4 rings (SSSR count). The lowest BCUT2D eigenvalue weighted by Crippen LogP contribution is -2.44. The molecule has 2 aromatic rings. The summed E-state index contributed by atoms with van der Waals surface area (Å²) in [5.41, 5.74) is 15.3. The van der Waals surface area contributed by atoms with E-state index in [9.17, 15) is 0 Å². The maximum atomic E-state index is 6.96. The highest BCUT2D eigenvalue weighted by molar-refractivity contribution is 6.03. The van der Waals surface area contributed by atoms with E-state index < -0.39 is 12.3 Å². The smallest absolute Gasteiger partial charge is 0.219 e. The summed E-state index contributed by atoms with van der Waals surface area (Å²) >= 11 is 0. The molecule has 32 heavy (non-hydrogen) atoms.